The van der Waals surface area contributed by atoms with Crippen LogP contribution in [0.1, 0.15) is 42.9 Å². The number of hydrogen-bond donors (Lipinski definition) is 2. The van der Waals surface area contributed by atoms with Crippen LogP contribution in [0.3, 0.4) is 0 Å². The molecule has 17 heavy (non-hydrogen) atoms. The first-order valence-corrected chi connectivity index (χ1v) is 5.81. The SMILES string of the molecule is CC(C)(O)Cn1nnc(C(N)=O)c1CC1CC1. The molecule has 1 heterocycles. The third-order valence-corrected chi connectivity index (χ3v) is 2.79. The lowest BCUT2D eigenvalue weighted by molar-refractivity contribution is 0.0560. The van der Waals surface area contributed by atoms with Crippen LogP contribution in [0.15, 0.2) is 0 Å². The summed E-state index contributed by atoms with van der Waals surface area (Å²) in [6, 6.07) is 0. The van der Waals surface area contributed by atoms with Gasteiger partial charge in [-0.05, 0) is 39.0 Å². The first-order chi connectivity index (χ1) is 7.87. The standard InChI is InChI=1S/C11H18N4O2/c1-11(2,17)6-15-8(5-7-3-4-7)9(10(12)16)13-14-15/h7,17H,3-6H2,1-2H3,(H2,12,16). The van der Waals surface area contributed by atoms with E-state index < -0.39 is 11.5 Å². The third kappa shape index (κ3) is 3.03. The smallest absolute Gasteiger partial charge is 0.271 e. The highest BCUT2D eigenvalue weighted by atomic mass is 16.3. The van der Waals surface area contributed by atoms with Gasteiger partial charge < -0.3 is 10.8 Å². The van der Waals surface area contributed by atoms with E-state index in [9.17, 15) is 9.90 Å². The molecular formula is C11H18N4O2. The van der Waals surface area contributed by atoms with Gasteiger partial charge in [-0.15, -0.1) is 5.10 Å². The molecule has 0 saturated heterocycles. The van der Waals surface area contributed by atoms with E-state index in [2.05, 4.69) is 10.3 Å². The Labute approximate surface area is 99.8 Å². The molecule has 1 aromatic rings. The van der Waals surface area contributed by atoms with E-state index >= 15 is 0 Å². The lowest BCUT2D eigenvalue weighted by Crippen LogP contribution is -2.28. The molecule has 94 valence electrons. The van der Waals surface area contributed by atoms with Crippen molar-refractivity contribution in [3.8, 4) is 0 Å². The second-order valence-electron chi connectivity index (χ2n) is 5.37. The van der Waals surface area contributed by atoms with Crippen LogP contribution in [0.25, 0.3) is 0 Å². The number of amides is 1. The van der Waals surface area contributed by atoms with E-state index in [1.54, 1.807) is 18.5 Å². The van der Waals surface area contributed by atoms with Crippen molar-refractivity contribution >= 4 is 5.91 Å². The van der Waals surface area contributed by atoms with E-state index in [0.29, 0.717) is 12.5 Å². The highest BCUT2D eigenvalue weighted by molar-refractivity contribution is 5.91. The maximum absolute atomic E-state index is 11.2. The van der Waals surface area contributed by atoms with Gasteiger partial charge in [0.15, 0.2) is 5.69 Å². The maximum Gasteiger partial charge on any atom is 0.271 e. The predicted molar refractivity (Wildman–Crippen MR) is 61.3 cm³/mol. The first kappa shape index (κ1) is 12.0. The molecule has 1 aliphatic carbocycles. The fourth-order valence-corrected chi connectivity index (χ4v) is 1.82. The molecule has 1 aliphatic rings. The van der Waals surface area contributed by atoms with Crippen molar-refractivity contribution in [3.05, 3.63) is 11.4 Å². The number of aliphatic hydroxyl groups is 1. The molecule has 1 fully saturated rings. The van der Waals surface area contributed by atoms with Crippen LogP contribution in [-0.2, 0) is 13.0 Å². The molecular weight excluding hydrogens is 220 g/mol. The molecule has 6 nitrogen and oxygen atoms in total. The number of rotatable bonds is 5. The number of aromatic nitrogens is 3. The summed E-state index contributed by atoms with van der Waals surface area (Å²) >= 11 is 0. The van der Waals surface area contributed by atoms with Crippen molar-refractivity contribution in [2.45, 2.75) is 45.3 Å². The monoisotopic (exact) mass is 238 g/mol. The summed E-state index contributed by atoms with van der Waals surface area (Å²) in [4.78, 5) is 11.2. The van der Waals surface area contributed by atoms with Gasteiger partial charge in [-0.2, -0.15) is 0 Å². The Kier molecular flexibility index (Phi) is 2.91. The quantitative estimate of drug-likeness (QED) is 0.760. The Bertz CT molecular complexity index is 429. The average molecular weight is 238 g/mol. The lowest BCUT2D eigenvalue weighted by atomic mass is 10.1. The van der Waals surface area contributed by atoms with E-state index in [-0.39, 0.29) is 5.69 Å². The molecule has 0 atom stereocenters. The normalized spacial score (nSPS) is 16.2. The number of carbonyl (C=O) groups excluding carboxylic acids is 1. The van der Waals surface area contributed by atoms with Gasteiger partial charge in [-0.25, -0.2) is 4.68 Å². The summed E-state index contributed by atoms with van der Waals surface area (Å²) in [7, 11) is 0. The van der Waals surface area contributed by atoms with Crippen LogP contribution >= 0.6 is 0 Å². The zero-order valence-corrected chi connectivity index (χ0v) is 10.2. The maximum atomic E-state index is 11.2. The van der Waals surface area contributed by atoms with Gasteiger partial charge in [0.25, 0.3) is 5.91 Å². The Morgan fingerprint density at radius 3 is 2.71 bits per heavy atom. The third-order valence-electron chi connectivity index (χ3n) is 2.79. The van der Waals surface area contributed by atoms with Gasteiger partial charge in [0, 0.05) is 0 Å². The molecule has 2 rings (SSSR count). The fraction of sp³-hybridized carbons (Fsp3) is 0.727. The summed E-state index contributed by atoms with van der Waals surface area (Å²) in [5.74, 6) is 0.0507. The zero-order valence-electron chi connectivity index (χ0n) is 10.2. The second-order valence-corrected chi connectivity index (χ2v) is 5.37. The number of nitrogens with zero attached hydrogens (tertiary/aromatic N) is 3. The van der Waals surface area contributed by atoms with E-state index in [4.69, 9.17) is 5.73 Å². The minimum atomic E-state index is -0.888. The highest BCUT2D eigenvalue weighted by Gasteiger charge is 2.28. The van der Waals surface area contributed by atoms with Crippen molar-refractivity contribution < 1.29 is 9.90 Å². The van der Waals surface area contributed by atoms with Crippen LogP contribution in [0.5, 0.6) is 0 Å². The summed E-state index contributed by atoms with van der Waals surface area (Å²) in [6.07, 6.45) is 3.11. The molecule has 1 aromatic heterocycles. The van der Waals surface area contributed by atoms with Crippen LogP contribution in [0.4, 0.5) is 0 Å². The molecule has 1 amide bonds. The van der Waals surface area contributed by atoms with Crippen molar-refractivity contribution in [3.63, 3.8) is 0 Å². The number of nitrogens with two attached hydrogens (primary N) is 1. The van der Waals surface area contributed by atoms with Gasteiger partial charge in [0.2, 0.25) is 0 Å². The summed E-state index contributed by atoms with van der Waals surface area (Å²) in [5.41, 5.74) is 5.37. The van der Waals surface area contributed by atoms with Gasteiger partial charge in [-0.1, -0.05) is 5.21 Å². The Morgan fingerprint density at radius 2 is 2.24 bits per heavy atom. The molecule has 0 aromatic carbocycles. The zero-order chi connectivity index (χ0) is 12.6. The van der Waals surface area contributed by atoms with Gasteiger partial charge in [0.05, 0.1) is 17.8 Å². The predicted octanol–water partition coefficient (Wildman–Crippen LogP) is 0.100. The van der Waals surface area contributed by atoms with E-state index in [1.807, 2.05) is 0 Å². The number of hydrogen-bond acceptors (Lipinski definition) is 4. The minimum Gasteiger partial charge on any atom is -0.389 e. The van der Waals surface area contributed by atoms with Crippen molar-refractivity contribution in [1.82, 2.24) is 15.0 Å². The van der Waals surface area contributed by atoms with Crippen LogP contribution in [0.2, 0.25) is 0 Å². The molecule has 0 spiro atoms. The molecule has 0 aliphatic heterocycles. The van der Waals surface area contributed by atoms with E-state index in [1.165, 1.54) is 12.8 Å². The largest absolute Gasteiger partial charge is 0.389 e. The van der Waals surface area contributed by atoms with Crippen LogP contribution in [-0.4, -0.2) is 31.6 Å². The molecule has 6 heteroatoms. The first-order valence-electron chi connectivity index (χ1n) is 5.81. The van der Waals surface area contributed by atoms with E-state index in [0.717, 1.165) is 12.1 Å². The number of primary amides is 1. The van der Waals surface area contributed by atoms with Crippen molar-refractivity contribution in [1.29, 1.82) is 0 Å². The summed E-state index contributed by atoms with van der Waals surface area (Å²) < 4.78 is 1.60. The Balaban J connectivity index is 2.27. The Hall–Kier alpha value is -1.43. The minimum absolute atomic E-state index is 0.237. The summed E-state index contributed by atoms with van der Waals surface area (Å²) in [5, 5.41) is 17.5. The van der Waals surface area contributed by atoms with Gasteiger partial charge in [0.1, 0.15) is 0 Å². The highest BCUT2D eigenvalue weighted by Crippen LogP contribution is 2.33. The van der Waals surface area contributed by atoms with Crippen LogP contribution < -0.4 is 5.73 Å². The van der Waals surface area contributed by atoms with Crippen molar-refractivity contribution in [2.75, 3.05) is 0 Å². The topological polar surface area (TPSA) is 94.0 Å². The lowest BCUT2D eigenvalue weighted by Gasteiger charge is -2.18. The van der Waals surface area contributed by atoms with Gasteiger partial charge in [-0.3, -0.25) is 4.79 Å². The summed E-state index contributed by atoms with van der Waals surface area (Å²) in [6.45, 7) is 3.70. The molecule has 0 bridgehead atoms. The molecule has 0 unspecified atom stereocenters. The molecule has 0 radical (unpaired) electrons. The molecule has 1 saturated carbocycles. The second kappa shape index (κ2) is 4.10. The Morgan fingerprint density at radius 1 is 1.59 bits per heavy atom. The number of carbonyl (C=O) groups is 1. The average Bonchev–Trinajstić information content (AvgIpc) is 2.88. The fourth-order valence-electron chi connectivity index (χ4n) is 1.82. The molecule has 3 N–H and O–H groups in total. The van der Waals surface area contributed by atoms with Crippen molar-refractivity contribution in [2.24, 2.45) is 11.7 Å². The van der Waals surface area contributed by atoms with Gasteiger partial charge >= 0.3 is 0 Å². The van der Waals surface area contributed by atoms with Crippen LogP contribution in [0, 0.1) is 5.92 Å².